The van der Waals surface area contributed by atoms with Crippen LogP contribution in [0.4, 0.5) is 0 Å². The molecule has 2 aliphatic heterocycles. The van der Waals surface area contributed by atoms with Crippen LogP contribution in [0.1, 0.15) is 60.7 Å². The van der Waals surface area contributed by atoms with Crippen molar-refractivity contribution in [2.24, 2.45) is 0 Å². The minimum atomic E-state index is -0.254. The molecule has 0 saturated carbocycles. The molecule has 4 amide bonds. The first-order valence-corrected chi connectivity index (χ1v) is 9.00. The molecule has 0 N–H and O–H groups in total. The van der Waals surface area contributed by atoms with Gasteiger partial charge in [0, 0.05) is 13.1 Å². The highest BCUT2D eigenvalue weighted by Crippen LogP contribution is 2.24. The molecular weight excluding hydrogens is 344 g/mol. The lowest BCUT2D eigenvalue weighted by Gasteiger charge is -2.15. The van der Waals surface area contributed by atoms with Crippen LogP contribution in [0.15, 0.2) is 48.5 Å². The first-order chi connectivity index (χ1) is 13.1. The van der Waals surface area contributed by atoms with E-state index in [4.69, 9.17) is 0 Å². The predicted octanol–water partition coefficient (Wildman–Crippen LogP) is 2.75. The van der Waals surface area contributed by atoms with E-state index in [0.29, 0.717) is 54.6 Å². The first kappa shape index (κ1) is 17.1. The first-order valence-electron chi connectivity index (χ1n) is 9.00. The molecule has 6 nitrogen and oxygen atoms in total. The molecular formula is C21H18N2O4. The number of rotatable bonds is 6. The van der Waals surface area contributed by atoms with Crippen LogP contribution in [-0.2, 0) is 0 Å². The number of fused-ring (bicyclic) bond motifs is 2. The smallest absolute Gasteiger partial charge is 0.261 e. The normalized spacial score (nSPS) is 15.6. The Bertz CT molecular complexity index is 819. The highest BCUT2D eigenvalue weighted by Gasteiger charge is 2.35. The summed E-state index contributed by atoms with van der Waals surface area (Å²) >= 11 is 0. The summed E-state index contributed by atoms with van der Waals surface area (Å²) < 4.78 is 0. The number of nitrogens with zero attached hydrogens (tertiary/aromatic N) is 2. The summed E-state index contributed by atoms with van der Waals surface area (Å²) in [5.41, 5.74) is 1.81. The molecule has 2 aromatic carbocycles. The Morgan fingerprint density at radius 1 is 0.481 bits per heavy atom. The van der Waals surface area contributed by atoms with Gasteiger partial charge in [0.1, 0.15) is 0 Å². The van der Waals surface area contributed by atoms with Gasteiger partial charge >= 0.3 is 0 Å². The molecule has 0 aromatic heterocycles. The van der Waals surface area contributed by atoms with E-state index in [9.17, 15) is 19.2 Å². The summed E-state index contributed by atoms with van der Waals surface area (Å²) in [5.74, 6) is -1.02. The number of unbranched alkanes of at least 4 members (excludes halogenated alkanes) is 2. The monoisotopic (exact) mass is 362 g/mol. The van der Waals surface area contributed by atoms with E-state index in [1.54, 1.807) is 48.5 Å². The summed E-state index contributed by atoms with van der Waals surface area (Å²) in [4.78, 5) is 51.7. The molecule has 0 bridgehead atoms. The second kappa shape index (κ2) is 6.79. The molecule has 2 aliphatic rings. The van der Waals surface area contributed by atoms with Crippen LogP contribution in [-0.4, -0.2) is 46.5 Å². The Balaban J connectivity index is 1.28. The second-order valence-electron chi connectivity index (χ2n) is 6.68. The van der Waals surface area contributed by atoms with E-state index in [1.807, 2.05) is 0 Å². The van der Waals surface area contributed by atoms with Gasteiger partial charge in [0.05, 0.1) is 22.3 Å². The van der Waals surface area contributed by atoms with Crippen molar-refractivity contribution in [3.8, 4) is 0 Å². The van der Waals surface area contributed by atoms with Crippen molar-refractivity contribution in [3.05, 3.63) is 70.8 Å². The van der Waals surface area contributed by atoms with Crippen LogP contribution in [0.25, 0.3) is 0 Å². The van der Waals surface area contributed by atoms with E-state index >= 15 is 0 Å². The quantitative estimate of drug-likeness (QED) is 0.585. The van der Waals surface area contributed by atoms with Gasteiger partial charge in [-0.05, 0) is 43.5 Å². The molecule has 6 heteroatoms. The molecule has 0 atom stereocenters. The molecule has 2 aromatic rings. The van der Waals surface area contributed by atoms with Crippen molar-refractivity contribution >= 4 is 23.6 Å². The summed E-state index contributed by atoms with van der Waals surface area (Å²) in [6.45, 7) is 0.683. The number of hydrogen-bond acceptors (Lipinski definition) is 4. The largest absolute Gasteiger partial charge is 0.274 e. The fourth-order valence-corrected chi connectivity index (χ4v) is 3.60. The zero-order valence-electron chi connectivity index (χ0n) is 14.7. The van der Waals surface area contributed by atoms with Gasteiger partial charge in [-0.3, -0.25) is 29.0 Å². The maximum atomic E-state index is 12.3. The Morgan fingerprint density at radius 2 is 0.778 bits per heavy atom. The number of imide groups is 2. The molecule has 4 rings (SSSR count). The number of carbonyl (C=O) groups is 4. The van der Waals surface area contributed by atoms with Gasteiger partial charge in [0.25, 0.3) is 23.6 Å². The minimum absolute atomic E-state index is 0.254. The highest BCUT2D eigenvalue weighted by atomic mass is 16.2. The van der Waals surface area contributed by atoms with Gasteiger partial charge in [0.2, 0.25) is 0 Å². The summed E-state index contributed by atoms with van der Waals surface area (Å²) in [7, 11) is 0. The molecule has 0 aliphatic carbocycles. The van der Waals surface area contributed by atoms with Gasteiger partial charge in [-0.15, -0.1) is 0 Å². The van der Waals surface area contributed by atoms with Crippen LogP contribution in [0.3, 0.4) is 0 Å². The SMILES string of the molecule is O=C1c2ccccc2C(=O)N1CCCCCN1C(=O)c2ccccc2C1=O. The molecule has 0 radical (unpaired) electrons. The standard InChI is InChI=1S/C21H18N2O4/c24-18-14-8-2-3-9-15(14)19(25)22(18)12-6-1-7-13-23-20(26)16-10-4-5-11-17(16)21(23)27/h2-5,8-11H,1,6-7,12-13H2. The van der Waals surface area contributed by atoms with Crippen molar-refractivity contribution in [2.45, 2.75) is 19.3 Å². The Morgan fingerprint density at radius 3 is 1.07 bits per heavy atom. The minimum Gasteiger partial charge on any atom is -0.274 e. The van der Waals surface area contributed by atoms with Crippen molar-refractivity contribution in [1.82, 2.24) is 9.80 Å². The van der Waals surface area contributed by atoms with Crippen LogP contribution in [0.5, 0.6) is 0 Å². The second-order valence-corrected chi connectivity index (χ2v) is 6.68. The molecule has 0 unspecified atom stereocenters. The zero-order chi connectivity index (χ0) is 19.0. The summed E-state index contributed by atoms with van der Waals surface area (Å²) in [5, 5.41) is 0. The highest BCUT2D eigenvalue weighted by molar-refractivity contribution is 6.22. The number of carbonyl (C=O) groups excluding carboxylic acids is 4. The fraction of sp³-hybridized carbons (Fsp3) is 0.238. The van der Waals surface area contributed by atoms with Gasteiger partial charge < -0.3 is 0 Å². The van der Waals surface area contributed by atoms with Crippen molar-refractivity contribution in [1.29, 1.82) is 0 Å². The molecule has 0 saturated heterocycles. The Labute approximate surface area is 156 Å². The van der Waals surface area contributed by atoms with Crippen molar-refractivity contribution in [3.63, 3.8) is 0 Å². The van der Waals surface area contributed by atoms with E-state index < -0.39 is 0 Å². The van der Waals surface area contributed by atoms with Gasteiger partial charge in [-0.25, -0.2) is 0 Å². The Kier molecular flexibility index (Phi) is 4.32. The average Bonchev–Trinajstić information content (AvgIpc) is 3.08. The molecule has 0 fully saturated rings. The average molecular weight is 362 g/mol. The summed E-state index contributed by atoms with van der Waals surface area (Å²) in [6, 6.07) is 13.6. The van der Waals surface area contributed by atoms with Crippen LogP contribution in [0, 0.1) is 0 Å². The van der Waals surface area contributed by atoms with Crippen molar-refractivity contribution in [2.75, 3.05) is 13.1 Å². The van der Waals surface area contributed by atoms with Gasteiger partial charge in [0.15, 0.2) is 0 Å². The van der Waals surface area contributed by atoms with Gasteiger partial charge in [-0.1, -0.05) is 24.3 Å². The Hall–Kier alpha value is -3.28. The van der Waals surface area contributed by atoms with Gasteiger partial charge in [-0.2, -0.15) is 0 Å². The topological polar surface area (TPSA) is 74.8 Å². The van der Waals surface area contributed by atoms with Crippen LogP contribution < -0.4 is 0 Å². The number of benzene rings is 2. The molecule has 0 spiro atoms. The predicted molar refractivity (Wildman–Crippen MR) is 97.5 cm³/mol. The van der Waals surface area contributed by atoms with E-state index in [1.165, 1.54) is 9.80 Å². The van der Waals surface area contributed by atoms with Crippen LogP contribution >= 0.6 is 0 Å². The van der Waals surface area contributed by atoms with Crippen molar-refractivity contribution < 1.29 is 19.2 Å². The third-order valence-corrected chi connectivity index (χ3v) is 5.02. The third-order valence-electron chi connectivity index (χ3n) is 5.02. The lowest BCUT2D eigenvalue weighted by atomic mass is 10.1. The maximum Gasteiger partial charge on any atom is 0.261 e. The van der Waals surface area contributed by atoms with E-state index in [-0.39, 0.29) is 23.6 Å². The van der Waals surface area contributed by atoms with E-state index in [2.05, 4.69) is 0 Å². The third kappa shape index (κ3) is 2.83. The fourth-order valence-electron chi connectivity index (χ4n) is 3.60. The number of amides is 4. The molecule has 2 heterocycles. The lowest BCUT2D eigenvalue weighted by Crippen LogP contribution is -2.32. The maximum absolute atomic E-state index is 12.3. The number of hydrogen-bond donors (Lipinski definition) is 0. The lowest BCUT2D eigenvalue weighted by molar-refractivity contribution is 0.0647. The molecule has 136 valence electrons. The zero-order valence-corrected chi connectivity index (χ0v) is 14.7. The van der Waals surface area contributed by atoms with E-state index in [0.717, 1.165) is 0 Å². The van der Waals surface area contributed by atoms with Crippen LogP contribution in [0.2, 0.25) is 0 Å². The summed E-state index contributed by atoms with van der Waals surface area (Å²) in [6.07, 6.45) is 1.98. The molecule has 27 heavy (non-hydrogen) atoms.